The minimum absolute atomic E-state index is 0.138. The third kappa shape index (κ3) is 4.09. The Kier molecular flexibility index (Phi) is 4.26. The summed E-state index contributed by atoms with van der Waals surface area (Å²) in [5.41, 5.74) is 0.772. The van der Waals surface area contributed by atoms with E-state index in [9.17, 15) is 13.2 Å². The molecule has 0 aromatic heterocycles. The number of rotatable bonds is 5. The van der Waals surface area contributed by atoms with Crippen molar-refractivity contribution in [1.29, 1.82) is 0 Å². The van der Waals surface area contributed by atoms with E-state index < -0.39 is 22.9 Å². The first-order chi connectivity index (χ1) is 7.09. The highest BCUT2D eigenvalue weighted by molar-refractivity contribution is 7.70. The number of carbonyl (C=O) groups is 1. The summed E-state index contributed by atoms with van der Waals surface area (Å²) in [4.78, 5) is 10.7. The van der Waals surface area contributed by atoms with E-state index in [1.165, 1.54) is 0 Å². The average Bonchev–Trinajstić information content (AvgIpc) is 2.17. The number of nitrogens with one attached hydrogen (secondary N) is 1. The van der Waals surface area contributed by atoms with Gasteiger partial charge in [0.25, 0.3) is 0 Å². The van der Waals surface area contributed by atoms with Crippen LogP contribution in [0.3, 0.4) is 0 Å². The maximum atomic E-state index is 10.7. The normalized spacial score (nSPS) is 12.6. The van der Waals surface area contributed by atoms with Gasteiger partial charge >= 0.3 is 5.97 Å². The van der Waals surface area contributed by atoms with Gasteiger partial charge in [-0.25, -0.2) is 13.1 Å². The molecule has 1 rings (SSSR count). The second-order valence-corrected chi connectivity index (χ2v) is 3.74. The fourth-order valence-corrected chi connectivity index (χ4v) is 1.62. The largest absolute Gasteiger partial charge is 0.480 e. The SMILES string of the molecule is O=C(O)C(Cc1ccccc1)N[SH](=O)=O. The molecule has 15 heavy (non-hydrogen) atoms. The van der Waals surface area contributed by atoms with Gasteiger partial charge in [0.1, 0.15) is 6.04 Å². The number of hydrogen-bond donors (Lipinski definition) is 3. The summed E-state index contributed by atoms with van der Waals surface area (Å²) in [6, 6.07) is 7.73. The molecular weight excluding hydrogens is 218 g/mol. The van der Waals surface area contributed by atoms with E-state index >= 15 is 0 Å². The molecule has 1 atom stereocenters. The molecule has 0 aliphatic heterocycles. The lowest BCUT2D eigenvalue weighted by atomic mass is 10.1. The van der Waals surface area contributed by atoms with Crippen LogP contribution < -0.4 is 4.72 Å². The first-order valence-electron chi connectivity index (χ1n) is 4.27. The lowest BCUT2D eigenvalue weighted by Crippen LogP contribution is -2.37. The van der Waals surface area contributed by atoms with Gasteiger partial charge in [0.2, 0.25) is 10.9 Å². The van der Waals surface area contributed by atoms with Crippen LogP contribution in [-0.4, -0.2) is 25.5 Å². The fourth-order valence-electron chi connectivity index (χ4n) is 1.17. The van der Waals surface area contributed by atoms with E-state index in [-0.39, 0.29) is 6.42 Å². The van der Waals surface area contributed by atoms with Crippen molar-refractivity contribution in [2.45, 2.75) is 12.5 Å². The third-order valence-corrected chi connectivity index (χ3v) is 2.36. The zero-order valence-electron chi connectivity index (χ0n) is 7.79. The van der Waals surface area contributed by atoms with Crippen LogP contribution in [0, 0.1) is 0 Å². The van der Waals surface area contributed by atoms with Gasteiger partial charge in [0, 0.05) is 0 Å². The summed E-state index contributed by atoms with van der Waals surface area (Å²) in [7, 11) is -2.90. The highest BCUT2D eigenvalue weighted by Gasteiger charge is 2.17. The van der Waals surface area contributed by atoms with Crippen molar-refractivity contribution >= 4 is 16.9 Å². The minimum atomic E-state index is -2.90. The number of hydrogen-bond acceptors (Lipinski definition) is 3. The Morgan fingerprint density at radius 1 is 1.33 bits per heavy atom. The standard InChI is InChI=1S/C9H11NO4S/c11-9(12)8(10-15(13)14)6-7-4-2-1-3-5-7/h1-5,8,15H,6H2,(H,11,12)(H,10,13,14). The third-order valence-electron chi connectivity index (χ3n) is 1.84. The van der Waals surface area contributed by atoms with E-state index in [0.717, 1.165) is 5.56 Å². The summed E-state index contributed by atoms with van der Waals surface area (Å²) >= 11 is 0. The number of benzene rings is 1. The van der Waals surface area contributed by atoms with Gasteiger partial charge < -0.3 is 5.11 Å². The minimum Gasteiger partial charge on any atom is -0.480 e. The van der Waals surface area contributed by atoms with Gasteiger partial charge in [-0.05, 0) is 12.0 Å². The lowest BCUT2D eigenvalue weighted by molar-refractivity contribution is -0.138. The first-order valence-corrected chi connectivity index (χ1v) is 5.44. The van der Waals surface area contributed by atoms with E-state index in [1.807, 2.05) is 4.72 Å². The Bertz CT molecular complexity index is 394. The average molecular weight is 229 g/mol. The molecule has 0 fully saturated rings. The fraction of sp³-hybridized carbons (Fsp3) is 0.222. The Balaban J connectivity index is 2.71. The van der Waals surface area contributed by atoms with Gasteiger partial charge in [-0.2, -0.15) is 0 Å². The van der Waals surface area contributed by atoms with Crippen LogP contribution in [0.15, 0.2) is 30.3 Å². The second-order valence-electron chi connectivity index (χ2n) is 2.97. The Morgan fingerprint density at radius 2 is 1.93 bits per heavy atom. The van der Waals surface area contributed by atoms with E-state index in [0.29, 0.717) is 0 Å². The van der Waals surface area contributed by atoms with Crippen LogP contribution in [0.25, 0.3) is 0 Å². The van der Waals surface area contributed by atoms with Crippen molar-refractivity contribution in [3.05, 3.63) is 35.9 Å². The molecule has 0 saturated carbocycles. The molecule has 1 unspecified atom stereocenters. The van der Waals surface area contributed by atoms with Gasteiger partial charge in [0.05, 0.1) is 0 Å². The highest BCUT2D eigenvalue weighted by Crippen LogP contribution is 2.03. The number of carboxylic acid groups (broad SMARTS) is 1. The van der Waals surface area contributed by atoms with Crippen molar-refractivity contribution in [3.63, 3.8) is 0 Å². The predicted molar refractivity (Wildman–Crippen MR) is 55.0 cm³/mol. The molecule has 0 spiro atoms. The smallest absolute Gasteiger partial charge is 0.322 e. The maximum Gasteiger partial charge on any atom is 0.322 e. The molecule has 0 amide bonds. The van der Waals surface area contributed by atoms with Crippen molar-refractivity contribution in [2.24, 2.45) is 0 Å². The molecule has 0 aliphatic carbocycles. The van der Waals surface area contributed by atoms with E-state index in [2.05, 4.69) is 0 Å². The Hall–Kier alpha value is -1.40. The Morgan fingerprint density at radius 3 is 2.40 bits per heavy atom. The van der Waals surface area contributed by atoms with Gasteiger partial charge in [-0.3, -0.25) is 4.79 Å². The van der Waals surface area contributed by atoms with Crippen LogP contribution >= 0.6 is 0 Å². The van der Waals surface area contributed by atoms with Crippen LogP contribution in [0.4, 0.5) is 0 Å². The molecule has 0 bridgehead atoms. The summed E-state index contributed by atoms with van der Waals surface area (Å²) in [6.07, 6.45) is 0.138. The van der Waals surface area contributed by atoms with Crippen molar-refractivity contribution in [2.75, 3.05) is 0 Å². The number of carboxylic acids is 1. The number of aliphatic carboxylic acids is 1. The van der Waals surface area contributed by atoms with Crippen molar-refractivity contribution in [1.82, 2.24) is 4.72 Å². The van der Waals surface area contributed by atoms with Crippen LogP contribution in [0.2, 0.25) is 0 Å². The molecule has 1 aromatic carbocycles. The van der Waals surface area contributed by atoms with E-state index in [4.69, 9.17) is 5.11 Å². The van der Waals surface area contributed by atoms with Gasteiger partial charge in [-0.1, -0.05) is 30.3 Å². The van der Waals surface area contributed by atoms with Gasteiger partial charge in [-0.15, -0.1) is 0 Å². The monoisotopic (exact) mass is 229 g/mol. The highest BCUT2D eigenvalue weighted by atomic mass is 32.2. The van der Waals surface area contributed by atoms with Crippen molar-refractivity contribution < 1.29 is 18.3 Å². The Labute approximate surface area is 88.8 Å². The summed E-state index contributed by atoms with van der Waals surface area (Å²) in [5, 5.41) is 8.75. The quantitative estimate of drug-likeness (QED) is 0.610. The molecular formula is C9H11NO4S. The molecule has 0 aliphatic rings. The molecule has 6 heteroatoms. The predicted octanol–water partition coefficient (Wildman–Crippen LogP) is -0.202. The summed E-state index contributed by atoms with van der Waals surface area (Å²) < 4.78 is 22.7. The zero-order chi connectivity index (χ0) is 11.3. The summed E-state index contributed by atoms with van der Waals surface area (Å²) in [6.45, 7) is 0. The molecule has 0 saturated heterocycles. The van der Waals surface area contributed by atoms with Gasteiger partial charge in [0.15, 0.2) is 0 Å². The first kappa shape index (κ1) is 11.7. The van der Waals surface area contributed by atoms with Crippen LogP contribution in [0.5, 0.6) is 0 Å². The lowest BCUT2D eigenvalue weighted by Gasteiger charge is -2.09. The molecule has 0 heterocycles. The molecule has 0 radical (unpaired) electrons. The summed E-state index contributed by atoms with van der Waals surface area (Å²) in [5.74, 6) is -1.18. The van der Waals surface area contributed by atoms with E-state index in [1.54, 1.807) is 30.3 Å². The van der Waals surface area contributed by atoms with Crippen molar-refractivity contribution in [3.8, 4) is 0 Å². The zero-order valence-corrected chi connectivity index (χ0v) is 8.68. The molecule has 82 valence electrons. The maximum absolute atomic E-state index is 10.7. The molecule has 5 nitrogen and oxygen atoms in total. The molecule has 2 N–H and O–H groups in total. The molecule has 1 aromatic rings. The topological polar surface area (TPSA) is 83.5 Å². The van der Waals surface area contributed by atoms with Crippen LogP contribution in [0.1, 0.15) is 5.56 Å². The number of thiol groups is 1. The van der Waals surface area contributed by atoms with Crippen LogP contribution in [-0.2, 0) is 22.1 Å². The second kappa shape index (κ2) is 5.47.